The highest BCUT2D eigenvalue weighted by Crippen LogP contribution is 2.63. The molecule has 2 unspecified atom stereocenters. The zero-order chi connectivity index (χ0) is 70.8. The molecule has 0 saturated carbocycles. The Kier molecular flexibility index (Phi) is 15.1. The normalized spacial score (nSPS) is 15.5. The fourth-order valence-electron chi connectivity index (χ4n) is 16.7. The summed E-state index contributed by atoms with van der Waals surface area (Å²) in [5, 5.41) is 0. The Balaban J connectivity index is 0.896. The number of hydrogen-bond acceptors (Lipinski definition) is 2. The highest BCUT2D eigenvalue weighted by molar-refractivity contribution is 5.95. The fourth-order valence-corrected chi connectivity index (χ4v) is 16.7. The topological polar surface area (TPSA) is 6.48 Å². The molecule has 0 spiro atoms. The molecule has 14 aromatic rings. The van der Waals surface area contributed by atoms with Crippen LogP contribution in [0.4, 0.5) is 78.0 Å². The number of fused-ring (bicyclic) bond motifs is 9. The van der Waals surface area contributed by atoms with Crippen molar-refractivity contribution >= 4 is 46.3 Å². The maximum Gasteiger partial charge on any atom is 0.200 e. The molecule has 0 amide bonds. The smallest absolute Gasteiger partial charge is 0.200 e. The van der Waals surface area contributed by atoms with Crippen LogP contribution in [-0.4, -0.2) is 0 Å². The maximum atomic E-state index is 17.3. The van der Waals surface area contributed by atoms with Crippen LogP contribution in [0, 0.1) is 58.2 Å². The quantitative estimate of drug-likeness (QED) is 0.0608. The lowest BCUT2D eigenvalue weighted by Crippen LogP contribution is -2.33. The molecule has 2 atom stereocenters. The van der Waals surface area contributed by atoms with Crippen molar-refractivity contribution in [3.8, 4) is 33.4 Å². The summed E-state index contributed by atoms with van der Waals surface area (Å²) in [5.74, 6) is -20.8. The van der Waals surface area contributed by atoms with Crippen molar-refractivity contribution in [1.82, 2.24) is 0 Å². The zero-order valence-corrected chi connectivity index (χ0v) is 54.5. The summed E-state index contributed by atoms with van der Waals surface area (Å²) >= 11 is 0. The predicted molar refractivity (Wildman–Crippen MR) is 387 cm³/mol. The largest absolute Gasteiger partial charge is 0.310 e. The number of nitrogens with zero attached hydrogens (tertiary/aromatic N) is 2. The van der Waals surface area contributed by atoms with Crippen molar-refractivity contribution in [2.24, 2.45) is 0 Å². The average molecular weight is 1370 g/mol. The second kappa shape index (κ2) is 24.4. The lowest BCUT2D eigenvalue weighted by atomic mass is 9.67. The van der Waals surface area contributed by atoms with Gasteiger partial charge in [-0.2, -0.15) is 0 Å². The summed E-state index contributed by atoms with van der Waals surface area (Å²) in [6.45, 7) is 7.80. The van der Waals surface area contributed by atoms with E-state index in [0.717, 1.165) is 33.4 Å². The number of benzene rings is 14. The van der Waals surface area contributed by atoms with E-state index in [-0.39, 0.29) is 22.3 Å². The minimum Gasteiger partial charge on any atom is -0.310 e. The summed E-state index contributed by atoms with van der Waals surface area (Å²) in [6, 6.07) is 89.4. The van der Waals surface area contributed by atoms with Gasteiger partial charge in [-0.05, 0) is 173 Å². The Hall–Kier alpha value is -12.5. The molecule has 498 valence electrons. The van der Waals surface area contributed by atoms with Crippen molar-refractivity contribution in [2.75, 3.05) is 9.80 Å². The van der Waals surface area contributed by atoms with E-state index in [1.54, 1.807) is 121 Å². The average Bonchev–Trinajstić information content (AvgIpc) is 1.57. The van der Waals surface area contributed by atoms with E-state index >= 15 is 43.9 Å². The lowest BCUT2D eigenvalue weighted by Gasteiger charge is -2.36. The van der Waals surface area contributed by atoms with Crippen molar-refractivity contribution in [3.05, 3.63) is 440 Å². The van der Waals surface area contributed by atoms with Crippen LogP contribution in [0.2, 0.25) is 0 Å². The second-order valence-electron chi connectivity index (χ2n) is 25.9. The second-order valence-corrected chi connectivity index (χ2v) is 25.9. The minimum atomic E-state index is -2.28. The number of para-hydroxylation sites is 2. The van der Waals surface area contributed by atoms with Crippen LogP contribution in [-0.2, 0) is 16.2 Å². The van der Waals surface area contributed by atoms with Crippen LogP contribution < -0.4 is 9.80 Å². The molecule has 3 aliphatic rings. The molecule has 12 heteroatoms. The molecule has 0 saturated heterocycles. The highest BCUT2D eigenvalue weighted by Gasteiger charge is 2.54. The van der Waals surface area contributed by atoms with Crippen LogP contribution in [0.1, 0.15) is 77.9 Å². The molecule has 103 heavy (non-hydrogen) atoms. The first kappa shape index (κ1) is 63.9. The minimum absolute atomic E-state index is 0.237. The summed E-state index contributed by atoms with van der Waals surface area (Å²) in [7, 11) is 0. The van der Waals surface area contributed by atoms with Gasteiger partial charge in [0.1, 0.15) is 0 Å². The monoisotopic (exact) mass is 1360 g/mol. The van der Waals surface area contributed by atoms with Crippen LogP contribution in [0.5, 0.6) is 0 Å². The van der Waals surface area contributed by atoms with E-state index in [4.69, 9.17) is 0 Å². The van der Waals surface area contributed by atoms with Gasteiger partial charge >= 0.3 is 0 Å². The molecule has 0 radical (unpaired) electrons. The molecule has 0 N–H and O–H groups in total. The molecular weight excluding hydrogens is 1310 g/mol. The molecule has 0 aromatic heterocycles. The first-order chi connectivity index (χ1) is 50.2. The van der Waals surface area contributed by atoms with Gasteiger partial charge in [-0.15, -0.1) is 0 Å². The maximum absolute atomic E-state index is 17.3. The third-order valence-electron chi connectivity index (χ3n) is 21.0. The lowest BCUT2D eigenvalue weighted by molar-refractivity contribution is 0.363. The zero-order valence-electron chi connectivity index (χ0n) is 54.5. The Morgan fingerprint density at radius 3 is 0.757 bits per heavy atom. The van der Waals surface area contributed by atoms with E-state index in [1.165, 1.54) is 0 Å². The van der Waals surface area contributed by atoms with Gasteiger partial charge in [0, 0.05) is 45.3 Å². The van der Waals surface area contributed by atoms with Crippen LogP contribution in [0.3, 0.4) is 0 Å². The number of anilines is 6. The van der Waals surface area contributed by atoms with Crippen molar-refractivity contribution in [2.45, 2.75) is 16.2 Å². The SMILES string of the molecule is C=Cc1ccc(C2(c3c(F)c(F)c(F)c(F)c3F)c3ccccc3-c3ccc(N(c4ccccc4)c4ccc5c(c4)C(c4ccccc4)(c4ccccc4)c4cc(N(c6ccccc6)c6ccc7c(c6)C(c6ccc(C=C)cc6)(c6c(F)c(F)c(F)c(F)c6F)c6ccccc6-7)ccc4-5)cc32)cc1. The van der Waals surface area contributed by atoms with Gasteiger partial charge in [-0.25, -0.2) is 43.9 Å². The van der Waals surface area contributed by atoms with E-state index in [0.29, 0.717) is 78.6 Å². The van der Waals surface area contributed by atoms with Gasteiger partial charge in [0.2, 0.25) is 11.6 Å². The molecule has 0 fully saturated rings. The van der Waals surface area contributed by atoms with Gasteiger partial charge in [0.05, 0.1) is 16.2 Å². The molecule has 14 aromatic carbocycles. The number of halogens is 10. The summed E-state index contributed by atoms with van der Waals surface area (Å²) in [4.78, 5) is 4.01. The van der Waals surface area contributed by atoms with E-state index in [2.05, 4.69) is 61.7 Å². The van der Waals surface area contributed by atoms with Crippen LogP contribution >= 0.6 is 0 Å². The molecule has 17 rings (SSSR count). The molecular formula is C91H54F10N2. The molecule has 0 bridgehead atoms. The standard InChI is InChI=1S/C91H54F10N2/c1-3-53-33-37-57(38-34-53)90(77-79(92)83(96)87(100)84(97)80(77)93)71-31-19-17-29-65(71)67-45-41-63(51-75(67)90)102(59-25-13-7-14-26-59)61-43-47-69-70-48-44-62(50-74(70)89(73(69)49-61,55-21-9-5-10-22-55)56-23-11-6-12-24-56)103(60-27-15-8-16-28-60)64-42-46-68-66-30-18-20-32-72(66)91(76(68)52-64,58-39-35-54(4-2)36-40-58)78-81(94)85(98)88(101)86(99)82(78)95/h3-52H,1-2H2. The third-order valence-corrected chi connectivity index (χ3v) is 21.0. The Morgan fingerprint density at radius 1 is 0.214 bits per heavy atom. The Morgan fingerprint density at radius 2 is 0.456 bits per heavy atom. The number of rotatable bonds is 14. The Labute approximate surface area is 587 Å². The van der Waals surface area contributed by atoms with E-state index in [9.17, 15) is 0 Å². The molecule has 0 heterocycles. The summed E-state index contributed by atoms with van der Waals surface area (Å²) in [6.07, 6.45) is 3.18. The molecule has 0 aliphatic heterocycles. The first-order valence-electron chi connectivity index (χ1n) is 33.3. The first-order valence-corrected chi connectivity index (χ1v) is 33.3. The van der Waals surface area contributed by atoms with E-state index in [1.807, 2.05) is 143 Å². The van der Waals surface area contributed by atoms with Gasteiger partial charge < -0.3 is 9.80 Å². The number of hydrogen-bond donors (Lipinski definition) is 0. The molecule has 3 aliphatic carbocycles. The Bertz CT molecular complexity index is 5390. The highest BCUT2D eigenvalue weighted by atomic mass is 19.2. The fraction of sp³-hybridized carbons (Fsp3) is 0.0330. The van der Waals surface area contributed by atoms with Gasteiger partial charge in [-0.1, -0.05) is 244 Å². The van der Waals surface area contributed by atoms with Gasteiger partial charge in [-0.3, -0.25) is 0 Å². The summed E-state index contributed by atoms with van der Waals surface area (Å²) in [5.41, 5.74) is 6.17. The summed E-state index contributed by atoms with van der Waals surface area (Å²) < 4.78 is 164. The molecule has 2 nitrogen and oxygen atoms in total. The van der Waals surface area contributed by atoms with Gasteiger partial charge in [0.25, 0.3) is 0 Å². The van der Waals surface area contributed by atoms with Gasteiger partial charge in [0.15, 0.2) is 46.5 Å². The van der Waals surface area contributed by atoms with E-state index < -0.39 is 85.5 Å². The van der Waals surface area contributed by atoms with Crippen molar-refractivity contribution in [3.63, 3.8) is 0 Å². The van der Waals surface area contributed by atoms with Crippen molar-refractivity contribution < 1.29 is 43.9 Å². The van der Waals surface area contributed by atoms with Crippen LogP contribution in [0.25, 0.3) is 45.5 Å². The van der Waals surface area contributed by atoms with Crippen LogP contribution in [0.15, 0.2) is 304 Å². The predicted octanol–water partition coefficient (Wildman–Crippen LogP) is 24.4. The van der Waals surface area contributed by atoms with Crippen molar-refractivity contribution in [1.29, 1.82) is 0 Å². The third kappa shape index (κ3) is 9.15.